The first-order valence-corrected chi connectivity index (χ1v) is 10.9. The van der Waals surface area contributed by atoms with Crippen molar-refractivity contribution >= 4 is 23.1 Å². The van der Waals surface area contributed by atoms with Crippen LogP contribution in [0.15, 0.2) is 71.7 Å². The van der Waals surface area contributed by atoms with Crippen LogP contribution in [0.1, 0.15) is 21.5 Å². The quantitative estimate of drug-likeness (QED) is 0.393. The fraction of sp³-hybridized carbons (Fsp3) is 0.125. The summed E-state index contributed by atoms with van der Waals surface area (Å²) in [5.41, 5.74) is 3.47. The average molecular weight is 451 g/mol. The molecule has 32 heavy (non-hydrogen) atoms. The summed E-state index contributed by atoms with van der Waals surface area (Å²) in [5.74, 6) is -1.10. The smallest absolute Gasteiger partial charge is 0.255 e. The number of halogens is 2. The van der Waals surface area contributed by atoms with Crippen LogP contribution in [-0.2, 0) is 13.0 Å². The summed E-state index contributed by atoms with van der Waals surface area (Å²) in [6, 6.07) is 12.6. The molecule has 0 bridgehead atoms. The van der Waals surface area contributed by atoms with E-state index in [0.717, 1.165) is 22.9 Å². The first-order valence-electron chi connectivity index (χ1n) is 9.98. The molecule has 5 nitrogen and oxygen atoms in total. The second-order valence-corrected chi connectivity index (χ2v) is 7.88. The molecule has 0 unspecified atom stereocenters. The Morgan fingerprint density at radius 1 is 1.03 bits per heavy atom. The maximum absolute atomic E-state index is 13.5. The maximum atomic E-state index is 13.5. The number of anilines is 1. The molecule has 0 saturated carbocycles. The predicted octanol–water partition coefficient (Wildman–Crippen LogP) is 5.07. The molecule has 0 radical (unpaired) electrons. The zero-order chi connectivity index (χ0) is 22.3. The number of carbonyl (C=O) groups excluding carboxylic acids is 1. The van der Waals surface area contributed by atoms with Gasteiger partial charge < -0.3 is 10.6 Å². The Morgan fingerprint density at radius 2 is 1.88 bits per heavy atom. The van der Waals surface area contributed by atoms with Crippen LogP contribution in [0.2, 0.25) is 0 Å². The molecule has 1 amide bonds. The third-order valence-corrected chi connectivity index (χ3v) is 5.44. The Morgan fingerprint density at radius 3 is 2.59 bits per heavy atom. The lowest BCUT2D eigenvalue weighted by Crippen LogP contribution is -2.24. The Hall–Kier alpha value is -3.65. The number of rotatable bonds is 8. The summed E-state index contributed by atoms with van der Waals surface area (Å²) in [7, 11) is 0. The van der Waals surface area contributed by atoms with Gasteiger partial charge in [0.25, 0.3) is 5.91 Å². The van der Waals surface area contributed by atoms with Crippen LogP contribution in [0.25, 0.3) is 11.3 Å². The van der Waals surface area contributed by atoms with E-state index in [9.17, 15) is 13.6 Å². The fourth-order valence-electron chi connectivity index (χ4n) is 3.21. The van der Waals surface area contributed by atoms with Crippen LogP contribution in [0.5, 0.6) is 0 Å². The number of nitrogens with one attached hydrogen (secondary N) is 2. The van der Waals surface area contributed by atoms with E-state index in [-0.39, 0.29) is 5.91 Å². The Bertz CT molecular complexity index is 1180. The minimum Gasteiger partial charge on any atom is -0.369 e. The van der Waals surface area contributed by atoms with Gasteiger partial charge in [0, 0.05) is 42.5 Å². The highest BCUT2D eigenvalue weighted by atomic mass is 32.1. The lowest BCUT2D eigenvalue weighted by molar-refractivity contribution is 0.0951. The maximum Gasteiger partial charge on any atom is 0.255 e. The molecule has 0 aliphatic carbocycles. The Balaban J connectivity index is 1.51. The molecule has 4 rings (SSSR count). The van der Waals surface area contributed by atoms with Crippen LogP contribution in [0.4, 0.5) is 14.6 Å². The van der Waals surface area contributed by atoms with Gasteiger partial charge in [-0.1, -0.05) is 6.07 Å². The topological polar surface area (TPSA) is 66.9 Å². The van der Waals surface area contributed by atoms with Crippen molar-refractivity contribution in [2.75, 3.05) is 11.9 Å². The van der Waals surface area contributed by atoms with Crippen molar-refractivity contribution in [3.8, 4) is 11.3 Å². The molecular weight excluding hydrogens is 430 g/mol. The summed E-state index contributed by atoms with van der Waals surface area (Å²) in [4.78, 5) is 21.5. The highest BCUT2D eigenvalue weighted by Gasteiger charge is 2.15. The van der Waals surface area contributed by atoms with Gasteiger partial charge in [0.05, 0.1) is 11.3 Å². The number of carbonyl (C=O) groups is 1. The lowest BCUT2D eigenvalue weighted by Gasteiger charge is -2.13. The number of nitrogens with zero attached hydrogens (tertiary/aromatic N) is 2. The van der Waals surface area contributed by atoms with E-state index in [1.807, 2.05) is 22.9 Å². The molecule has 3 heterocycles. The Labute approximate surface area is 188 Å². The van der Waals surface area contributed by atoms with Crippen molar-refractivity contribution in [3.05, 3.63) is 100 Å². The number of aromatic nitrogens is 2. The molecule has 0 spiro atoms. The molecule has 1 aromatic carbocycles. The van der Waals surface area contributed by atoms with E-state index in [1.54, 1.807) is 41.9 Å². The van der Waals surface area contributed by atoms with E-state index in [0.29, 0.717) is 36.5 Å². The molecule has 0 aliphatic rings. The van der Waals surface area contributed by atoms with Gasteiger partial charge in [0.1, 0.15) is 17.5 Å². The highest BCUT2D eigenvalue weighted by molar-refractivity contribution is 7.08. The normalized spacial score (nSPS) is 10.7. The van der Waals surface area contributed by atoms with E-state index in [4.69, 9.17) is 0 Å². The molecule has 0 aliphatic heterocycles. The van der Waals surface area contributed by atoms with E-state index < -0.39 is 11.6 Å². The van der Waals surface area contributed by atoms with Crippen molar-refractivity contribution in [2.45, 2.75) is 13.0 Å². The zero-order valence-corrected chi connectivity index (χ0v) is 17.8. The number of amides is 1. The second-order valence-electron chi connectivity index (χ2n) is 7.10. The van der Waals surface area contributed by atoms with Gasteiger partial charge in [-0.2, -0.15) is 11.3 Å². The van der Waals surface area contributed by atoms with E-state index in [1.165, 1.54) is 12.1 Å². The lowest BCUT2D eigenvalue weighted by atomic mass is 10.1. The number of pyridine rings is 2. The molecule has 3 aromatic heterocycles. The third kappa shape index (κ3) is 5.53. The van der Waals surface area contributed by atoms with E-state index in [2.05, 4.69) is 20.6 Å². The largest absolute Gasteiger partial charge is 0.369 e. The standard InChI is InChI=1S/C24H20F2N4OS/c25-19-10-16(11-20(26)12-19)5-8-28-23-21(3-4-22(30-23)18-6-9-32-15-18)24(31)29-14-17-2-1-7-27-13-17/h1-4,6-7,9-13,15H,5,8,14H2,(H,28,30)(H,29,31). The molecule has 0 fully saturated rings. The molecule has 162 valence electrons. The highest BCUT2D eigenvalue weighted by Crippen LogP contribution is 2.24. The molecule has 2 N–H and O–H groups in total. The zero-order valence-electron chi connectivity index (χ0n) is 17.0. The van der Waals surface area contributed by atoms with Crippen molar-refractivity contribution in [1.29, 1.82) is 0 Å². The van der Waals surface area contributed by atoms with Gasteiger partial charge in [0.2, 0.25) is 0 Å². The third-order valence-electron chi connectivity index (χ3n) is 4.76. The van der Waals surface area contributed by atoms with Gasteiger partial charge in [-0.05, 0) is 59.3 Å². The fourth-order valence-corrected chi connectivity index (χ4v) is 3.86. The van der Waals surface area contributed by atoms with Crippen molar-refractivity contribution < 1.29 is 13.6 Å². The number of hydrogen-bond donors (Lipinski definition) is 2. The van der Waals surface area contributed by atoms with Gasteiger partial charge in [-0.25, -0.2) is 13.8 Å². The SMILES string of the molecule is O=C(NCc1cccnc1)c1ccc(-c2ccsc2)nc1NCCc1cc(F)cc(F)c1. The molecule has 8 heteroatoms. The van der Waals surface area contributed by atoms with Crippen molar-refractivity contribution in [1.82, 2.24) is 15.3 Å². The second kappa shape index (κ2) is 10.1. The van der Waals surface area contributed by atoms with Crippen molar-refractivity contribution in [2.24, 2.45) is 0 Å². The van der Waals surface area contributed by atoms with E-state index >= 15 is 0 Å². The van der Waals surface area contributed by atoms with Gasteiger partial charge in [-0.3, -0.25) is 9.78 Å². The minimum atomic E-state index is -0.618. The van der Waals surface area contributed by atoms with Crippen LogP contribution in [0.3, 0.4) is 0 Å². The van der Waals surface area contributed by atoms with Gasteiger partial charge in [0.15, 0.2) is 0 Å². The molecule has 0 saturated heterocycles. The average Bonchev–Trinajstić information content (AvgIpc) is 3.32. The van der Waals surface area contributed by atoms with Crippen LogP contribution in [-0.4, -0.2) is 22.4 Å². The summed E-state index contributed by atoms with van der Waals surface area (Å²) >= 11 is 1.56. The molecular formula is C24H20F2N4OS. The van der Waals surface area contributed by atoms with Gasteiger partial charge >= 0.3 is 0 Å². The van der Waals surface area contributed by atoms with Gasteiger partial charge in [-0.15, -0.1) is 0 Å². The van der Waals surface area contributed by atoms with Crippen molar-refractivity contribution in [3.63, 3.8) is 0 Å². The number of hydrogen-bond acceptors (Lipinski definition) is 5. The summed E-state index contributed by atoms with van der Waals surface area (Å²) in [6.07, 6.45) is 3.73. The van der Waals surface area contributed by atoms with Crippen LogP contribution in [0, 0.1) is 11.6 Å². The summed E-state index contributed by atoms with van der Waals surface area (Å²) in [6.45, 7) is 0.687. The Kier molecular flexibility index (Phi) is 6.81. The van der Waals surface area contributed by atoms with Crippen LogP contribution >= 0.6 is 11.3 Å². The molecule has 4 aromatic rings. The predicted molar refractivity (Wildman–Crippen MR) is 122 cm³/mol. The summed E-state index contributed by atoms with van der Waals surface area (Å²) in [5, 5.41) is 9.96. The summed E-state index contributed by atoms with van der Waals surface area (Å²) < 4.78 is 26.9. The van der Waals surface area contributed by atoms with Crippen LogP contribution < -0.4 is 10.6 Å². The first-order chi connectivity index (χ1) is 15.6. The number of benzene rings is 1. The monoisotopic (exact) mass is 450 g/mol. The number of thiophene rings is 1. The first kappa shape index (κ1) is 21.6. The molecule has 0 atom stereocenters. The minimum absolute atomic E-state index is 0.280.